The number of nitrogens with zero attached hydrogens (tertiary/aromatic N) is 1. The summed E-state index contributed by atoms with van der Waals surface area (Å²) in [6, 6.07) is 13.3. The number of methoxy groups -OCH3 is 3. The molecule has 2 aromatic carbocycles. The lowest BCUT2D eigenvalue weighted by Gasteiger charge is -2.36. The zero-order valence-electron chi connectivity index (χ0n) is 21.1. The van der Waals surface area contributed by atoms with E-state index in [9.17, 15) is 9.59 Å². The third-order valence-corrected chi connectivity index (χ3v) is 6.93. The first-order valence-corrected chi connectivity index (χ1v) is 12.1. The number of rotatable bonds is 9. The molecule has 192 valence electrons. The van der Waals surface area contributed by atoms with E-state index in [1.165, 1.54) is 13.2 Å². The van der Waals surface area contributed by atoms with E-state index in [0.717, 1.165) is 18.4 Å². The van der Waals surface area contributed by atoms with Gasteiger partial charge in [0.25, 0.3) is 0 Å². The van der Waals surface area contributed by atoms with Gasteiger partial charge in [-0.1, -0.05) is 30.3 Å². The average Bonchev–Trinajstić information content (AvgIpc) is 3.04. The van der Waals surface area contributed by atoms with E-state index in [1.807, 2.05) is 37.4 Å². The second-order valence-electron chi connectivity index (χ2n) is 9.14. The van der Waals surface area contributed by atoms with Crippen LogP contribution in [0.3, 0.4) is 0 Å². The summed E-state index contributed by atoms with van der Waals surface area (Å²) in [6.07, 6.45) is 4.99. The second-order valence-corrected chi connectivity index (χ2v) is 9.14. The third kappa shape index (κ3) is 5.82. The number of carbonyl (C=O) groups is 2. The van der Waals surface area contributed by atoms with Crippen LogP contribution in [0.15, 0.2) is 48.5 Å². The van der Waals surface area contributed by atoms with Gasteiger partial charge in [0.2, 0.25) is 5.75 Å². The van der Waals surface area contributed by atoms with E-state index in [1.54, 1.807) is 32.4 Å². The van der Waals surface area contributed by atoms with E-state index in [-0.39, 0.29) is 36.7 Å². The molecule has 4 atom stereocenters. The standard InChI is InChI=1S/C28H33NO7/c1-29-20-15-21(35-27(31)14-18-8-6-5-7-9-18)17-22(29)23(16-20)36-26(30)11-10-19-12-24(32-2)28(34-4)25(13-19)33-3/h5-13,20-23H,14-17H2,1-4H3/b11-10+/t20?,21?,22?,23-/m0/s1. The minimum Gasteiger partial charge on any atom is -0.493 e. The maximum Gasteiger partial charge on any atom is 0.331 e. The summed E-state index contributed by atoms with van der Waals surface area (Å²) in [4.78, 5) is 27.4. The molecular formula is C28H33NO7. The summed E-state index contributed by atoms with van der Waals surface area (Å²) in [7, 11) is 6.66. The highest BCUT2D eigenvalue weighted by atomic mass is 16.6. The van der Waals surface area contributed by atoms with Gasteiger partial charge in [0, 0.05) is 31.4 Å². The Hall–Kier alpha value is -3.52. The number of hydrogen-bond donors (Lipinski definition) is 0. The van der Waals surface area contributed by atoms with Crippen LogP contribution in [0.1, 0.15) is 30.4 Å². The largest absolute Gasteiger partial charge is 0.493 e. The summed E-state index contributed by atoms with van der Waals surface area (Å²) in [5.41, 5.74) is 1.65. The van der Waals surface area contributed by atoms with Crippen LogP contribution in [0.25, 0.3) is 6.08 Å². The monoisotopic (exact) mass is 495 g/mol. The SMILES string of the molecule is COc1cc(/C=C/C(=O)O[C@H]2CC3CC(OC(=O)Cc4ccccc4)CC2N3C)cc(OC)c1OC. The Labute approximate surface area is 211 Å². The quantitative estimate of drug-likeness (QED) is 0.385. The molecule has 0 aromatic heterocycles. The molecule has 2 aliphatic heterocycles. The van der Waals surface area contributed by atoms with Gasteiger partial charge in [-0.2, -0.15) is 0 Å². The zero-order valence-corrected chi connectivity index (χ0v) is 21.1. The molecule has 4 rings (SSSR count). The van der Waals surface area contributed by atoms with Crippen molar-refractivity contribution >= 4 is 18.0 Å². The van der Waals surface area contributed by atoms with Crippen LogP contribution in [-0.2, 0) is 25.5 Å². The topological polar surface area (TPSA) is 83.5 Å². The van der Waals surface area contributed by atoms with E-state index in [2.05, 4.69) is 4.90 Å². The van der Waals surface area contributed by atoms with Gasteiger partial charge in [0.15, 0.2) is 11.5 Å². The van der Waals surface area contributed by atoms with Gasteiger partial charge in [-0.25, -0.2) is 4.79 Å². The van der Waals surface area contributed by atoms with Crippen LogP contribution < -0.4 is 14.2 Å². The van der Waals surface area contributed by atoms with Crippen molar-refractivity contribution in [3.8, 4) is 17.2 Å². The van der Waals surface area contributed by atoms with E-state index < -0.39 is 5.97 Å². The maximum atomic E-state index is 12.7. The summed E-state index contributed by atoms with van der Waals surface area (Å²) >= 11 is 0. The molecule has 0 aliphatic carbocycles. The molecule has 0 saturated carbocycles. The van der Waals surface area contributed by atoms with Gasteiger partial charge in [0.05, 0.1) is 33.8 Å². The minimum atomic E-state index is -0.424. The van der Waals surface area contributed by atoms with Gasteiger partial charge in [-0.15, -0.1) is 0 Å². The molecule has 2 heterocycles. The van der Waals surface area contributed by atoms with Crippen molar-refractivity contribution in [3.05, 3.63) is 59.7 Å². The molecule has 2 fully saturated rings. The minimum absolute atomic E-state index is 0.0109. The molecular weight excluding hydrogens is 462 g/mol. The fraction of sp³-hybridized carbons (Fsp3) is 0.429. The van der Waals surface area contributed by atoms with Crippen molar-refractivity contribution in [2.45, 2.75) is 50.0 Å². The Morgan fingerprint density at radius 2 is 1.64 bits per heavy atom. The van der Waals surface area contributed by atoms with Crippen molar-refractivity contribution in [1.82, 2.24) is 4.90 Å². The van der Waals surface area contributed by atoms with Crippen LogP contribution in [0.2, 0.25) is 0 Å². The number of likely N-dealkylation sites (N-methyl/N-ethyl adjacent to an activating group) is 1. The molecule has 8 nitrogen and oxygen atoms in total. The van der Waals surface area contributed by atoms with E-state index >= 15 is 0 Å². The lowest BCUT2D eigenvalue weighted by atomic mass is 10.00. The number of benzene rings is 2. The predicted octanol–water partition coefficient (Wildman–Crippen LogP) is 3.66. The second kappa shape index (κ2) is 11.5. The van der Waals surface area contributed by atoms with Crippen LogP contribution in [0, 0.1) is 0 Å². The van der Waals surface area contributed by atoms with Gasteiger partial charge in [-0.3, -0.25) is 9.69 Å². The van der Waals surface area contributed by atoms with Gasteiger partial charge in [0.1, 0.15) is 12.2 Å². The summed E-state index contributed by atoms with van der Waals surface area (Å²) in [5.74, 6) is 0.845. The Morgan fingerprint density at radius 3 is 2.28 bits per heavy atom. The molecule has 2 aromatic rings. The zero-order chi connectivity index (χ0) is 25.7. The lowest BCUT2D eigenvalue weighted by Crippen LogP contribution is -2.46. The summed E-state index contributed by atoms with van der Waals surface area (Å²) in [5, 5.41) is 0. The number of fused-ring (bicyclic) bond motifs is 2. The third-order valence-electron chi connectivity index (χ3n) is 6.93. The predicted molar refractivity (Wildman–Crippen MR) is 134 cm³/mol. The van der Waals surface area contributed by atoms with E-state index in [0.29, 0.717) is 29.2 Å². The Morgan fingerprint density at radius 1 is 0.944 bits per heavy atom. The molecule has 36 heavy (non-hydrogen) atoms. The highest BCUT2D eigenvalue weighted by Crippen LogP contribution is 2.39. The van der Waals surface area contributed by atoms with Crippen LogP contribution in [0.4, 0.5) is 0 Å². The van der Waals surface area contributed by atoms with Crippen LogP contribution >= 0.6 is 0 Å². The fourth-order valence-electron chi connectivity index (χ4n) is 5.14. The number of esters is 2. The maximum absolute atomic E-state index is 12.7. The highest BCUT2D eigenvalue weighted by molar-refractivity contribution is 5.87. The van der Waals surface area contributed by atoms with Crippen molar-refractivity contribution in [2.24, 2.45) is 0 Å². The van der Waals surface area contributed by atoms with Crippen LogP contribution in [0.5, 0.6) is 17.2 Å². The van der Waals surface area contributed by atoms with E-state index in [4.69, 9.17) is 23.7 Å². The average molecular weight is 496 g/mol. The molecule has 3 unspecified atom stereocenters. The van der Waals surface area contributed by atoms with Gasteiger partial charge < -0.3 is 23.7 Å². The van der Waals surface area contributed by atoms with Crippen molar-refractivity contribution in [1.29, 1.82) is 0 Å². The molecule has 2 aliphatic rings. The number of hydrogen-bond acceptors (Lipinski definition) is 8. The summed E-state index contributed by atoms with van der Waals surface area (Å²) in [6.45, 7) is 0. The van der Waals surface area contributed by atoms with Gasteiger partial charge in [-0.05, 0) is 36.4 Å². The first kappa shape index (κ1) is 25.6. The molecule has 0 N–H and O–H groups in total. The molecule has 0 amide bonds. The van der Waals surface area contributed by atoms with Crippen molar-refractivity contribution < 1.29 is 33.3 Å². The van der Waals surface area contributed by atoms with Crippen LogP contribution in [-0.4, -0.2) is 69.5 Å². The fourth-order valence-corrected chi connectivity index (χ4v) is 5.14. The number of piperidine rings is 1. The molecule has 2 saturated heterocycles. The molecule has 0 spiro atoms. The van der Waals surface area contributed by atoms with Crippen molar-refractivity contribution in [3.63, 3.8) is 0 Å². The Kier molecular flexibility index (Phi) is 8.15. The lowest BCUT2D eigenvalue weighted by molar-refractivity contribution is -0.153. The molecule has 8 heteroatoms. The Balaban J connectivity index is 1.35. The van der Waals surface area contributed by atoms with Gasteiger partial charge >= 0.3 is 11.9 Å². The smallest absolute Gasteiger partial charge is 0.331 e. The first-order valence-electron chi connectivity index (χ1n) is 12.1. The number of ether oxygens (including phenoxy) is 5. The van der Waals surface area contributed by atoms with Crippen molar-refractivity contribution in [2.75, 3.05) is 28.4 Å². The normalized spacial score (nSPS) is 23.3. The molecule has 2 bridgehead atoms. The number of carbonyl (C=O) groups excluding carboxylic acids is 2. The first-order chi connectivity index (χ1) is 17.4. The molecule has 0 radical (unpaired) electrons. The highest BCUT2D eigenvalue weighted by Gasteiger charge is 2.47. The summed E-state index contributed by atoms with van der Waals surface area (Å²) < 4.78 is 27.7. The Bertz CT molecular complexity index is 1080.